The molecule has 2 aromatic rings. The predicted molar refractivity (Wildman–Crippen MR) is 89.0 cm³/mol. The van der Waals surface area contributed by atoms with Crippen molar-refractivity contribution >= 4 is 11.8 Å². The summed E-state index contributed by atoms with van der Waals surface area (Å²) in [4.78, 5) is 24.8. The molecule has 0 saturated heterocycles. The Kier molecular flexibility index (Phi) is 4.13. The summed E-state index contributed by atoms with van der Waals surface area (Å²) in [6.07, 6.45) is 0. The molecular formula is C19H15N3O2. The molecule has 118 valence electrons. The number of amides is 2. The average Bonchev–Trinajstić information content (AvgIpc) is 2.61. The van der Waals surface area contributed by atoms with Crippen molar-refractivity contribution in [3.8, 4) is 6.07 Å². The minimum atomic E-state index is -0.556. The van der Waals surface area contributed by atoms with Gasteiger partial charge in [0.05, 0.1) is 17.7 Å². The Balaban J connectivity index is 2.05. The van der Waals surface area contributed by atoms with Crippen LogP contribution >= 0.6 is 0 Å². The van der Waals surface area contributed by atoms with Crippen molar-refractivity contribution in [3.63, 3.8) is 0 Å². The third kappa shape index (κ3) is 2.90. The van der Waals surface area contributed by atoms with Gasteiger partial charge in [-0.1, -0.05) is 42.5 Å². The lowest BCUT2D eigenvalue weighted by atomic mass is 9.89. The Morgan fingerprint density at radius 1 is 1.08 bits per heavy atom. The van der Waals surface area contributed by atoms with Gasteiger partial charge in [-0.3, -0.25) is 4.79 Å². The molecule has 2 amide bonds. The van der Waals surface area contributed by atoms with Crippen LogP contribution in [0.1, 0.15) is 34.5 Å². The fourth-order valence-corrected chi connectivity index (χ4v) is 2.74. The fraction of sp³-hybridized carbons (Fsp3) is 0.105. The van der Waals surface area contributed by atoms with Crippen molar-refractivity contribution in [2.45, 2.75) is 13.0 Å². The third-order valence-electron chi connectivity index (χ3n) is 3.92. The van der Waals surface area contributed by atoms with Crippen molar-refractivity contribution in [2.75, 3.05) is 0 Å². The van der Waals surface area contributed by atoms with Crippen molar-refractivity contribution in [1.29, 1.82) is 5.26 Å². The van der Waals surface area contributed by atoms with Gasteiger partial charge in [-0.05, 0) is 24.6 Å². The molecular weight excluding hydrogens is 302 g/mol. The first-order valence-electron chi connectivity index (χ1n) is 7.48. The number of hydrogen-bond donors (Lipinski definition) is 2. The van der Waals surface area contributed by atoms with Gasteiger partial charge in [-0.15, -0.1) is 0 Å². The number of nitrogens with zero attached hydrogens (tertiary/aromatic N) is 1. The molecule has 0 spiro atoms. The largest absolute Gasteiger partial charge is 0.327 e. The molecule has 1 heterocycles. The lowest BCUT2D eigenvalue weighted by Crippen LogP contribution is -2.45. The highest BCUT2D eigenvalue weighted by Crippen LogP contribution is 2.29. The predicted octanol–water partition coefficient (Wildman–Crippen LogP) is 3.07. The Morgan fingerprint density at radius 2 is 1.75 bits per heavy atom. The molecule has 0 radical (unpaired) electrons. The molecule has 0 bridgehead atoms. The van der Waals surface area contributed by atoms with E-state index in [1.165, 1.54) is 0 Å². The van der Waals surface area contributed by atoms with E-state index >= 15 is 0 Å². The first kappa shape index (κ1) is 15.5. The summed E-state index contributed by atoms with van der Waals surface area (Å²) >= 11 is 0. The van der Waals surface area contributed by atoms with Crippen molar-refractivity contribution in [1.82, 2.24) is 10.6 Å². The molecule has 0 unspecified atom stereocenters. The lowest BCUT2D eigenvalue weighted by Gasteiger charge is -2.28. The molecule has 0 aromatic heterocycles. The van der Waals surface area contributed by atoms with Crippen molar-refractivity contribution in [3.05, 3.63) is 82.6 Å². The molecule has 0 saturated carbocycles. The summed E-state index contributed by atoms with van der Waals surface area (Å²) in [5.74, 6) is -0.144. The Bertz CT molecular complexity index is 862. The monoisotopic (exact) mass is 317 g/mol. The second-order valence-electron chi connectivity index (χ2n) is 5.50. The Morgan fingerprint density at radius 3 is 2.38 bits per heavy atom. The number of Topliss-reactive ketones (excluding diaryl/α,β-unsaturated/α-hetero) is 1. The second kappa shape index (κ2) is 6.39. The lowest BCUT2D eigenvalue weighted by molar-refractivity contribution is 0.102. The first-order chi connectivity index (χ1) is 11.6. The zero-order valence-electron chi connectivity index (χ0n) is 13.0. The van der Waals surface area contributed by atoms with E-state index in [2.05, 4.69) is 16.7 Å². The van der Waals surface area contributed by atoms with Crippen molar-refractivity contribution in [2.24, 2.45) is 0 Å². The molecule has 0 aliphatic carbocycles. The normalized spacial score (nSPS) is 16.8. The molecule has 24 heavy (non-hydrogen) atoms. The summed E-state index contributed by atoms with van der Waals surface area (Å²) in [7, 11) is 0. The smallest absolute Gasteiger partial charge is 0.319 e. The highest BCUT2D eigenvalue weighted by Gasteiger charge is 2.31. The van der Waals surface area contributed by atoms with Crippen LogP contribution in [0.3, 0.4) is 0 Å². The number of benzene rings is 2. The van der Waals surface area contributed by atoms with E-state index in [9.17, 15) is 9.59 Å². The number of urea groups is 1. The number of carbonyl (C=O) groups is 2. The molecule has 2 aromatic carbocycles. The minimum absolute atomic E-state index is 0.144. The van der Waals surface area contributed by atoms with Gasteiger partial charge in [-0.2, -0.15) is 5.26 Å². The fourth-order valence-electron chi connectivity index (χ4n) is 2.74. The summed E-state index contributed by atoms with van der Waals surface area (Å²) in [6, 6.07) is 16.9. The van der Waals surface area contributed by atoms with Gasteiger partial charge < -0.3 is 10.6 Å². The zero-order valence-corrected chi connectivity index (χ0v) is 13.0. The van der Waals surface area contributed by atoms with Gasteiger partial charge >= 0.3 is 6.03 Å². The molecule has 5 nitrogen and oxygen atoms in total. The summed E-state index contributed by atoms with van der Waals surface area (Å²) in [5, 5.41) is 14.4. The maximum absolute atomic E-state index is 12.9. The van der Waals surface area contributed by atoms with Gasteiger partial charge in [0.25, 0.3) is 0 Å². The number of ketones is 1. The SMILES string of the molecule is CC1=C(C(=O)c2ccccc2)[C@H](c2ccc(C#N)cc2)NC(=O)N1. The summed E-state index contributed by atoms with van der Waals surface area (Å²) in [6.45, 7) is 1.71. The van der Waals surface area contributed by atoms with Gasteiger partial charge in [-0.25, -0.2) is 4.79 Å². The van der Waals surface area contributed by atoms with E-state index in [-0.39, 0.29) is 11.8 Å². The molecule has 1 aliphatic heterocycles. The van der Waals surface area contributed by atoms with E-state index in [4.69, 9.17) is 5.26 Å². The first-order valence-corrected chi connectivity index (χ1v) is 7.48. The van der Waals surface area contributed by atoms with Crippen LogP contribution in [-0.2, 0) is 0 Å². The highest BCUT2D eigenvalue weighted by atomic mass is 16.2. The van der Waals surface area contributed by atoms with E-state index < -0.39 is 6.04 Å². The molecule has 5 heteroatoms. The Labute approximate surface area is 139 Å². The third-order valence-corrected chi connectivity index (χ3v) is 3.92. The van der Waals surface area contributed by atoms with Gasteiger partial charge in [0.1, 0.15) is 0 Å². The average molecular weight is 317 g/mol. The summed E-state index contributed by atoms with van der Waals surface area (Å²) < 4.78 is 0. The van der Waals surface area contributed by atoms with E-state index in [0.29, 0.717) is 22.4 Å². The quantitative estimate of drug-likeness (QED) is 0.854. The maximum Gasteiger partial charge on any atom is 0.319 e. The molecule has 1 aliphatic rings. The molecule has 3 rings (SSSR count). The number of hydrogen-bond acceptors (Lipinski definition) is 3. The summed E-state index contributed by atoms with van der Waals surface area (Å²) in [5.41, 5.74) is 2.86. The Hall–Kier alpha value is -3.39. The highest BCUT2D eigenvalue weighted by molar-refractivity contribution is 6.11. The number of nitrogens with one attached hydrogen (secondary N) is 2. The molecule has 2 N–H and O–H groups in total. The number of nitriles is 1. The number of carbonyl (C=O) groups excluding carboxylic acids is 2. The van der Waals surface area contributed by atoms with E-state index in [0.717, 1.165) is 5.56 Å². The van der Waals surface area contributed by atoms with E-state index in [1.54, 1.807) is 55.5 Å². The van der Waals surface area contributed by atoms with Crippen LogP contribution in [-0.4, -0.2) is 11.8 Å². The standard InChI is InChI=1S/C19H15N3O2/c1-12-16(18(23)15-5-3-2-4-6-15)17(22-19(24)21-12)14-9-7-13(11-20)8-10-14/h2-10,17H,1H3,(H2,21,22,24)/t17-/m0/s1. The van der Waals surface area contributed by atoms with E-state index in [1.807, 2.05) is 6.07 Å². The topological polar surface area (TPSA) is 82.0 Å². The van der Waals surface area contributed by atoms with Crippen molar-refractivity contribution < 1.29 is 9.59 Å². The van der Waals surface area contributed by atoms with Crippen LogP contribution in [0.25, 0.3) is 0 Å². The number of allylic oxidation sites excluding steroid dienone is 1. The molecule has 1 atom stereocenters. The second-order valence-corrected chi connectivity index (χ2v) is 5.50. The molecule has 0 fully saturated rings. The van der Waals surface area contributed by atoms with Crippen LogP contribution in [0, 0.1) is 11.3 Å². The van der Waals surface area contributed by atoms with Gasteiger partial charge in [0.2, 0.25) is 0 Å². The maximum atomic E-state index is 12.9. The minimum Gasteiger partial charge on any atom is -0.327 e. The van der Waals surface area contributed by atoms with Crippen LogP contribution < -0.4 is 10.6 Å². The van der Waals surface area contributed by atoms with Crippen LogP contribution in [0.2, 0.25) is 0 Å². The number of rotatable bonds is 3. The van der Waals surface area contributed by atoms with Crippen LogP contribution in [0.5, 0.6) is 0 Å². The van der Waals surface area contributed by atoms with Crippen LogP contribution in [0.4, 0.5) is 4.79 Å². The van der Waals surface area contributed by atoms with Crippen LogP contribution in [0.15, 0.2) is 65.9 Å². The van der Waals surface area contributed by atoms with Gasteiger partial charge in [0, 0.05) is 16.8 Å². The zero-order chi connectivity index (χ0) is 17.1. The van der Waals surface area contributed by atoms with Gasteiger partial charge in [0.15, 0.2) is 5.78 Å².